The molecule has 1 rings (SSSR count). The van der Waals surface area contributed by atoms with Crippen molar-refractivity contribution in [1.82, 2.24) is 0 Å². The van der Waals surface area contributed by atoms with E-state index < -0.39 is 0 Å². The van der Waals surface area contributed by atoms with Crippen LogP contribution in [0.2, 0.25) is 0 Å². The van der Waals surface area contributed by atoms with Crippen molar-refractivity contribution in [2.24, 2.45) is 5.41 Å². The molecule has 0 saturated carbocycles. The van der Waals surface area contributed by atoms with Crippen LogP contribution in [0.1, 0.15) is 44.7 Å². The molecule has 20 heavy (non-hydrogen) atoms. The van der Waals surface area contributed by atoms with Crippen molar-refractivity contribution in [1.29, 1.82) is 0 Å². The summed E-state index contributed by atoms with van der Waals surface area (Å²) in [7, 11) is 0. The second-order valence-corrected chi connectivity index (χ2v) is 5.94. The zero-order chi connectivity index (χ0) is 15.0. The maximum Gasteiger partial charge on any atom is 0.129 e. The third kappa shape index (κ3) is 6.70. The number of halogens is 1. The number of aliphatic hydroxyl groups is 1. The van der Waals surface area contributed by atoms with Gasteiger partial charge in [-0.1, -0.05) is 38.7 Å². The molecule has 0 saturated heterocycles. The second kappa shape index (κ2) is 8.04. The lowest BCUT2D eigenvalue weighted by Crippen LogP contribution is -2.09. The lowest BCUT2D eigenvalue weighted by molar-refractivity contribution is 0.0943. The van der Waals surface area contributed by atoms with Crippen LogP contribution >= 0.6 is 0 Å². The summed E-state index contributed by atoms with van der Waals surface area (Å²) >= 11 is 0. The summed E-state index contributed by atoms with van der Waals surface area (Å²) in [6.07, 6.45) is 1.35. The Bertz CT molecular complexity index is 478. The van der Waals surface area contributed by atoms with Gasteiger partial charge in [0, 0.05) is 24.2 Å². The van der Waals surface area contributed by atoms with Gasteiger partial charge in [-0.05, 0) is 24.0 Å². The quantitative estimate of drug-likeness (QED) is 0.659. The highest BCUT2D eigenvalue weighted by atomic mass is 19.1. The predicted molar refractivity (Wildman–Crippen MR) is 78.7 cm³/mol. The molecule has 1 aromatic carbocycles. The molecule has 0 unspecified atom stereocenters. The molecule has 2 nitrogen and oxygen atoms in total. The highest BCUT2D eigenvalue weighted by Gasteiger charge is 2.10. The van der Waals surface area contributed by atoms with E-state index >= 15 is 0 Å². The van der Waals surface area contributed by atoms with Gasteiger partial charge in [0.05, 0.1) is 13.2 Å². The van der Waals surface area contributed by atoms with Crippen molar-refractivity contribution in [2.45, 2.75) is 40.2 Å². The molecule has 0 radical (unpaired) electrons. The molecule has 110 valence electrons. The van der Waals surface area contributed by atoms with Crippen LogP contribution in [-0.2, 0) is 11.3 Å². The van der Waals surface area contributed by atoms with Crippen LogP contribution in [0.5, 0.6) is 0 Å². The molecule has 0 fully saturated rings. The van der Waals surface area contributed by atoms with Gasteiger partial charge < -0.3 is 9.84 Å². The normalized spacial score (nSPS) is 11.1. The topological polar surface area (TPSA) is 29.5 Å². The third-order valence-electron chi connectivity index (χ3n) is 2.78. The zero-order valence-electron chi connectivity index (χ0n) is 12.5. The first-order valence-corrected chi connectivity index (χ1v) is 6.88. The summed E-state index contributed by atoms with van der Waals surface area (Å²) in [6, 6.07) is 4.89. The first kappa shape index (κ1) is 16.7. The Morgan fingerprint density at radius 1 is 1.30 bits per heavy atom. The van der Waals surface area contributed by atoms with Gasteiger partial charge in [0.1, 0.15) is 5.82 Å². The molecule has 0 aliphatic carbocycles. The van der Waals surface area contributed by atoms with Crippen molar-refractivity contribution < 1.29 is 14.2 Å². The van der Waals surface area contributed by atoms with Gasteiger partial charge in [0.25, 0.3) is 0 Å². The first-order chi connectivity index (χ1) is 9.42. The number of ether oxygens (including phenoxy) is 1. The molecule has 0 amide bonds. The number of hydrogen-bond acceptors (Lipinski definition) is 2. The van der Waals surface area contributed by atoms with Crippen LogP contribution in [0.25, 0.3) is 0 Å². The van der Waals surface area contributed by atoms with E-state index in [2.05, 4.69) is 32.6 Å². The number of aliphatic hydroxyl groups excluding tert-OH is 1. The maximum atomic E-state index is 13.8. The van der Waals surface area contributed by atoms with Crippen LogP contribution in [0, 0.1) is 23.1 Å². The van der Waals surface area contributed by atoms with E-state index in [1.54, 1.807) is 12.1 Å². The average molecular weight is 278 g/mol. The van der Waals surface area contributed by atoms with E-state index in [0.29, 0.717) is 24.2 Å². The predicted octanol–water partition coefficient (Wildman–Crippen LogP) is 3.51. The summed E-state index contributed by atoms with van der Waals surface area (Å²) in [6.45, 7) is 7.38. The van der Waals surface area contributed by atoms with Gasteiger partial charge in [-0.15, -0.1) is 0 Å². The fraction of sp³-hybridized carbons (Fsp3) is 0.529. The van der Waals surface area contributed by atoms with Gasteiger partial charge in [-0.3, -0.25) is 0 Å². The third-order valence-corrected chi connectivity index (χ3v) is 2.78. The first-order valence-electron chi connectivity index (χ1n) is 6.88. The Morgan fingerprint density at radius 2 is 2.05 bits per heavy atom. The van der Waals surface area contributed by atoms with Gasteiger partial charge in [-0.25, -0.2) is 4.39 Å². The Kier molecular flexibility index (Phi) is 6.70. The van der Waals surface area contributed by atoms with Crippen LogP contribution in [-0.4, -0.2) is 18.3 Å². The smallest absolute Gasteiger partial charge is 0.129 e. The minimum atomic E-state index is -0.295. The molecule has 3 heteroatoms. The summed E-state index contributed by atoms with van der Waals surface area (Å²) in [5, 5.41) is 8.63. The second-order valence-electron chi connectivity index (χ2n) is 5.94. The van der Waals surface area contributed by atoms with Crippen molar-refractivity contribution in [3.05, 3.63) is 35.1 Å². The van der Waals surface area contributed by atoms with Crippen molar-refractivity contribution >= 4 is 0 Å². The van der Waals surface area contributed by atoms with E-state index in [9.17, 15) is 4.39 Å². The van der Waals surface area contributed by atoms with E-state index in [1.165, 1.54) is 6.07 Å². The molecule has 0 atom stereocenters. The van der Waals surface area contributed by atoms with Crippen molar-refractivity contribution in [2.75, 3.05) is 13.2 Å². The largest absolute Gasteiger partial charge is 0.395 e. The molecular formula is C17H23FO2. The average Bonchev–Trinajstić information content (AvgIpc) is 2.36. The molecule has 1 N–H and O–H groups in total. The minimum Gasteiger partial charge on any atom is -0.395 e. The van der Waals surface area contributed by atoms with E-state index in [-0.39, 0.29) is 24.4 Å². The van der Waals surface area contributed by atoms with Crippen molar-refractivity contribution in [3.63, 3.8) is 0 Å². The Labute approximate surface area is 121 Å². The Morgan fingerprint density at radius 3 is 2.65 bits per heavy atom. The molecular weight excluding hydrogens is 255 g/mol. The van der Waals surface area contributed by atoms with E-state index in [4.69, 9.17) is 9.84 Å². The van der Waals surface area contributed by atoms with Crippen LogP contribution in [0.4, 0.5) is 4.39 Å². The molecule has 0 aliphatic heterocycles. The van der Waals surface area contributed by atoms with E-state index in [0.717, 1.165) is 6.42 Å². The minimum absolute atomic E-state index is 0.0230. The van der Waals surface area contributed by atoms with Crippen LogP contribution in [0.3, 0.4) is 0 Å². The van der Waals surface area contributed by atoms with E-state index in [1.807, 2.05) is 0 Å². The highest BCUT2D eigenvalue weighted by molar-refractivity contribution is 5.36. The van der Waals surface area contributed by atoms with Crippen LogP contribution in [0.15, 0.2) is 18.2 Å². The molecule has 0 aromatic heterocycles. The van der Waals surface area contributed by atoms with Crippen molar-refractivity contribution in [3.8, 4) is 11.8 Å². The molecule has 0 bridgehead atoms. The lowest BCUT2D eigenvalue weighted by Gasteiger charge is -2.17. The lowest BCUT2D eigenvalue weighted by atomic mass is 9.93. The van der Waals surface area contributed by atoms with Gasteiger partial charge in [0.2, 0.25) is 0 Å². The van der Waals surface area contributed by atoms with Gasteiger partial charge in [-0.2, -0.15) is 0 Å². The molecule has 0 heterocycles. The monoisotopic (exact) mass is 278 g/mol. The number of hydrogen-bond donors (Lipinski definition) is 1. The summed E-state index contributed by atoms with van der Waals surface area (Å²) in [5.41, 5.74) is 1.39. The standard InChI is InChI=1S/C17H23FO2/c1-17(2,3)9-11-20-13-15-8-7-14(12-16(15)18)6-4-5-10-19/h7-8,12,19H,5,9-11,13H2,1-3H3. The Hall–Kier alpha value is -1.37. The molecule has 0 aliphatic rings. The molecule has 1 aromatic rings. The SMILES string of the molecule is CC(C)(C)CCOCc1ccc(C#CCCO)cc1F. The van der Waals surface area contributed by atoms with Crippen LogP contribution < -0.4 is 0 Å². The van der Waals surface area contributed by atoms with Gasteiger partial charge >= 0.3 is 0 Å². The fourth-order valence-corrected chi connectivity index (χ4v) is 1.52. The van der Waals surface area contributed by atoms with Gasteiger partial charge in [0.15, 0.2) is 0 Å². The summed E-state index contributed by atoms with van der Waals surface area (Å²) in [5.74, 6) is 5.28. The summed E-state index contributed by atoms with van der Waals surface area (Å²) < 4.78 is 19.3. The highest BCUT2D eigenvalue weighted by Crippen LogP contribution is 2.18. The fourth-order valence-electron chi connectivity index (χ4n) is 1.52. The number of rotatable bonds is 5. The molecule has 0 spiro atoms. The Balaban J connectivity index is 2.50. The zero-order valence-corrected chi connectivity index (χ0v) is 12.5. The number of benzene rings is 1. The summed E-state index contributed by atoms with van der Waals surface area (Å²) in [4.78, 5) is 0. The maximum absolute atomic E-state index is 13.8.